The Kier molecular flexibility index (Phi) is 3.19. The van der Waals surface area contributed by atoms with Gasteiger partial charge >= 0.3 is 0 Å². The first-order valence-corrected chi connectivity index (χ1v) is 7.53. The third-order valence-corrected chi connectivity index (χ3v) is 5.27. The zero-order valence-corrected chi connectivity index (χ0v) is 12.4. The predicted molar refractivity (Wildman–Crippen MR) is 78.9 cm³/mol. The van der Waals surface area contributed by atoms with Crippen LogP contribution in [0.2, 0.25) is 0 Å². The van der Waals surface area contributed by atoms with Gasteiger partial charge in [0.25, 0.3) is 0 Å². The van der Waals surface area contributed by atoms with Gasteiger partial charge in [-0.25, -0.2) is 9.97 Å². The van der Waals surface area contributed by atoms with Gasteiger partial charge in [-0.15, -0.1) is 11.3 Å². The Balaban J connectivity index is 2.02. The number of rotatable bonds is 2. The number of hydrogen-bond donors (Lipinski definition) is 1. The zero-order valence-electron chi connectivity index (χ0n) is 11.6. The van der Waals surface area contributed by atoms with Crippen LogP contribution in [0.5, 0.6) is 0 Å². The van der Waals surface area contributed by atoms with Crippen molar-refractivity contribution in [2.24, 2.45) is 5.92 Å². The van der Waals surface area contributed by atoms with E-state index >= 15 is 0 Å². The topological polar surface area (TPSA) is 49.2 Å². The second-order valence-corrected chi connectivity index (χ2v) is 6.60. The summed E-state index contributed by atoms with van der Waals surface area (Å²) in [5.41, 5.74) is 1.29. The highest BCUT2D eigenvalue weighted by Crippen LogP contribution is 2.36. The largest absolute Gasteiger partial charge is 0.393 e. The summed E-state index contributed by atoms with van der Waals surface area (Å²) < 4.78 is 0. The van der Waals surface area contributed by atoms with E-state index in [0.717, 1.165) is 30.2 Å². The minimum Gasteiger partial charge on any atom is -0.393 e. The Hall–Kier alpha value is -1.20. The van der Waals surface area contributed by atoms with Gasteiger partial charge in [-0.3, -0.25) is 0 Å². The highest BCUT2D eigenvalue weighted by molar-refractivity contribution is 7.18. The Morgan fingerprint density at radius 2 is 2.21 bits per heavy atom. The van der Waals surface area contributed by atoms with Crippen molar-refractivity contribution in [3.8, 4) is 0 Å². The number of thiophene rings is 1. The fourth-order valence-corrected chi connectivity index (χ4v) is 3.77. The van der Waals surface area contributed by atoms with E-state index in [0.29, 0.717) is 5.92 Å². The van der Waals surface area contributed by atoms with Crippen LogP contribution in [0, 0.1) is 19.8 Å². The molecule has 1 fully saturated rings. The van der Waals surface area contributed by atoms with E-state index in [4.69, 9.17) is 0 Å². The molecule has 0 saturated carbocycles. The van der Waals surface area contributed by atoms with Crippen molar-refractivity contribution >= 4 is 27.4 Å². The molecule has 3 heterocycles. The standard InChI is InChI=1S/C14H19N3OS/c1-8-10(3)19-14-12(8)13(15-7-16-14)17-5-4-11(6-17)9(2)18/h7,9,11,18H,4-6H2,1-3H3. The molecule has 2 aromatic heterocycles. The van der Waals surface area contributed by atoms with Crippen LogP contribution in [-0.4, -0.2) is 34.3 Å². The molecule has 19 heavy (non-hydrogen) atoms. The first kappa shape index (κ1) is 12.8. The molecule has 2 atom stereocenters. The third kappa shape index (κ3) is 2.11. The maximum absolute atomic E-state index is 9.73. The first-order valence-electron chi connectivity index (χ1n) is 6.71. The number of nitrogens with zero attached hydrogens (tertiary/aromatic N) is 3. The molecule has 102 valence electrons. The molecule has 1 aliphatic rings. The van der Waals surface area contributed by atoms with E-state index in [-0.39, 0.29) is 6.10 Å². The molecule has 0 bridgehead atoms. The highest BCUT2D eigenvalue weighted by atomic mass is 32.1. The van der Waals surface area contributed by atoms with E-state index < -0.39 is 0 Å². The number of aryl methyl sites for hydroxylation is 2. The molecule has 5 heteroatoms. The second kappa shape index (κ2) is 4.72. The number of anilines is 1. The van der Waals surface area contributed by atoms with Crippen LogP contribution in [-0.2, 0) is 0 Å². The molecule has 1 N–H and O–H groups in total. The fraction of sp³-hybridized carbons (Fsp3) is 0.571. The van der Waals surface area contributed by atoms with Crippen LogP contribution in [0.4, 0.5) is 5.82 Å². The van der Waals surface area contributed by atoms with Gasteiger partial charge < -0.3 is 10.0 Å². The van der Waals surface area contributed by atoms with Crippen LogP contribution in [0.3, 0.4) is 0 Å². The van der Waals surface area contributed by atoms with Crippen LogP contribution >= 0.6 is 11.3 Å². The van der Waals surface area contributed by atoms with Gasteiger partial charge in [0.2, 0.25) is 0 Å². The molecule has 0 radical (unpaired) electrons. The molecular formula is C14H19N3OS. The van der Waals surface area contributed by atoms with Crippen molar-refractivity contribution in [1.29, 1.82) is 0 Å². The normalized spacial score (nSPS) is 21.3. The smallest absolute Gasteiger partial charge is 0.141 e. The van der Waals surface area contributed by atoms with Gasteiger partial charge in [0.1, 0.15) is 17.0 Å². The summed E-state index contributed by atoms with van der Waals surface area (Å²) in [5, 5.41) is 10.9. The molecule has 0 aromatic carbocycles. The summed E-state index contributed by atoms with van der Waals surface area (Å²) in [6.07, 6.45) is 2.45. The number of hydrogen-bond acceptors (Lipinski definition) is 5. The SMILES string of the molecule is Cc1sc2ncnc(N3CCC(C(C)O)C3)c2c1C. The highest BCUT2D eigenvalue weighted by Gasteiger charge is 2.28. The van der Waals surface area contributed by atoms with Gasteiger partial charge in [0.15, 0.2) is 0 Å². The lowest BCUT2D eigenvalue weighted by atomic mass is 10.0. The number of fused-ring (bicyclic) bond motifs is 1. The Morgan fingerprint density at radius 3 is 2.89 bits per heavy atom. The van der Waals surface area contributed by atoms with Gasteiger partial charge in [-0.2, -0.15) is 0 Å². The Morgan fingerprint density at radius 1 is 1.42 bits per heavy atom. The molecule has 0 spiro atoms. The van der Waals surface area contributed by atoms with Gasteiger partial charge in [-0.1, -0.05) is 0 Å². The lowest BCUT2D eigenvalue weighted by Gasteiger charge is -2.19. The summed E-state index contributed by atoms with van der Waals surface area (Å²) in [4.78, 5) is 13.5. The molecule has 3 rings (SSSR count). The first-order chi connectivity index (χ1) is 9.08. The quantitative estimate of drug-likeness (QED) is 0.916. The van der Waals surface area contributed by atoms with Crippen LogP contribution < -0.4 is 4.90 Å². The van der Waals surface area contributed by atoms with Crippen LogP contribution in [0.1, 0.15) is 23.8 Å². The maximum atomic E-state index is 9.73. The van der Waals surface area contributed by atoms with E-state index in [2.05, 4.69) is 28.7 Å². The Bertz CT molecular complexity index is 608. The van der Waals surface area contributed by atoms with Gasteiger partial charge in [-0.05, 0) is 32.8 Å². The van der Waals surface area contributed by atoms with Crippen molar-refractivity contribution in [2.75, 3.05) is 18.0 Å². The minimum absolute atomic E-state index is 0.243. The zero-order chi connectivity index (χ0) is 13.6. The number of aliphatic hydroxyl groups is 1. The average Bonchev–Trinajstić information content (AvgIpc) is 2.96. The lowest BCUT2D eigenvalue weighted by Crippen LogP contribution is -2.24. The Labute approximate surface area is 117 Å². The van der Waals surface area contributed by atoms with E-state index in [9.17, 15) is 5.11 Å². The maximum Gasteiger partial charge on any atom is 0.141 e. The van der Waals surface area contributed by atoms with Crippen molar-refractivity contribution in [1.82, 2.24) is 9.97 Å². The molecule has 2 aromatic rings. The monoisotopic (exact) mass is 277 g/mol. The summed E-state index contributed by atoms with van der Waals surface area (Å²) in [6, 6.07) is 0. The number of aliphatic hydroxyl groups excluding tert-OH is 1. The van der Waals surface area contributed by atoms with Crippen molar-refractivity contribution in [3.05, 3.63) is 16.8 Å². The predicted octanol–water partition coefficient (Wildman–Crippen LogP) is 2.52. The average molecular weight is 277 g/mol. The molecule has 0 aliphatic carbocycles. The molecule has 1 aliphatic heterocycles. The summed E-state index contributed by atoms with van der Waals surface area (Å²) in [5.74, 6) is 1.39. The van der Waals surface area contributed by atoms with Gasteiger partial charge in [0, 0.05) is 23.9 Å². The molecular weight excluding hydrogens is 258 g/mol. The molecule has 1 saturated heterocycles. The molecule has 0 amide bonds. The van der Waals surface area contributed by atoms with E-state index in [1.807, 2.05) is 6.92 Å². The van der Waals surface area contributed by atoms with Gasteiger partial charge in [0.05, 0.1) is 11.5 Å². The van der Waals surface area contributed by atoms with Crippen LogP contribution in [0.25, 0.3) is 10.2 Å². The van der Waals surface area contributed by atoms with Crippen molar-refractivity contribution < 1.29 is 5.11 Å². The van der Waals surface area contributed by atoms with E-state index in [1.54, 1.807) is 17.7 Å². The fourth-order valence-electron chi connectivity index (χ4n) is 2.78. The van der Waals surface area contributed by atoms with Crippen LogP contribution in [0.15, 0.2) is 6.33 Å². The van der Waals surface area contributed by atoms with Crippen molar-refractivity contribution in [3.63, 3.8) is 0 Å². The minimum atomic E-state index is -0.243. The number of aromatic nitrogens is 2. The third-order valence-electron chi connectivity index (χ3n) is 4.15. The second-order valence-electron chi connectivity index (χ2n) is 5.40. The molecule has 2 unspecified atom stereocenters. The molecule has 4 nitrogen and oxygen atoms in total. The lowest BCUT2D eigenvalue weighted by molar-refractivity contribution is 0.136. The summed E-state index contributed by atoms with van der Waals surface area (Å²) >= 11 is 1.73. The summed E-state index contributed by atoms with van der Waals surface area (Å²) in [7, 11) is 0. The van der Waals surface area contributed by atoms with E-state index in [1.165, 1.54) is 15.8 Å². The summed E-state index contributed by atoms with van der Waals surface area (Å²) in [6.45, 7) is 8.01. The van der Waals surface area contributed by atoms with Crippen molar-refractivity contribution in [2.45, 2.75) is 33.3 Å².